The van der Waals surface area contributed by atoms with Crippen LogP contribution in [0.3, 0.4) is 0 Å². The molecular formula is C27H25F3O2. The standard InChI is InChI=1S/C27H25F3O2/c1-3-27(4-2,21-13-15-23(16-14-21)32-26(29)30)18-8-9-20-12-17-24(28)25(19-20)31-22-10-6-5-7-11-22/h1,5-7,10-17,19,26H,4,8-9,18H2,2H3. The fourth-order valence-corrected chi connectivity index (χ4v) is 3.73. The van der Waals surface area contributed by atoms with Gasteiger partial charge in [-0.2, -0.15) is 8.78 Å². The zero-order chi connectivity index (χ0) is 23.0. The van der Waals surface area contributed by atoms with E-state index < -0.39 is 17.8 Å². The van der Waals surface area contributed by atoms with E-state index in [0.717, 1.165) is 17.5 Å². The quantitative estimate of drug-likeness (QED) is 0.305. The summed E-state index contributed by atoms with van der Waals surface area (Å²) in [4.78, 5) is 0. The molecule has 2 nitrogen and oxygen atoms in total. The highest BCUT2D eigenvalue weighted by atomic mass is 19.3. The number of hydrogen-bond donors (Lipinski definition) is 0. The van der Waals surface area contributed by atoms with E-state index in [-0.39, 0.29) is 11.5 Å². The molecule has 3 aromatic rings. The number of terminal acetylenes is 1. The molecule has 0 radical (unpaired) electrons. The van der Waals surface area contributed by atoms with E-state index in [4.69, 9.17) is 11.2 Å². The van der Waals surface area contributed by atoms with E-state index in [2.05, 4.69) is 10.7 Å². The van der Waals surface area contributed by atoms with E-state index in [1.807, 2.05) is 25.1 Å². The maximum Gasteiger partial charge on any atom is 0.387 e. The highest BCUT2D eigenvalue weighted by Crippen LogP contribution is 2.34. The van der Waals surface area contributed by atoms with Gasteiger partial charge in [0, 0.05) is 0 Å². The number of hydrogen-bond acceptors (Lipinski definition) is 2. The highest BCUT2D eigenvalue weighted by molar-refractivity contribution is 5.38. The maximum atomic E-state index is 14.2. The number of aryl methyl sites for hydroxylation is 1. The van der Waals surface area contributed by atoms with Gasteiger partial charge in [-0.25, -0.2) is 4.39 Å². The maximum absolute atomic E-state index is 14.2. The van der Waals surface area contributed by atoms with Gasteiger partial charge in [-0.3, -0.25) is 0 Å². The third-order valence-corrected chi connectivity index (χ3v) is 5.55. The average Bonchev–Trinajstić information content (AvgIpc) is 2.80. The summed E-state index contributed by atoms with van der Waals surface area (Å²) in [5.41, 5.74) is 1.31. The number of halogens is 3. The molecule has 0 bridgehead atoms. The normalized spacial score (nSPS) is 12.8. The number of alkyl halides is 2. The van der Waals surface area contributed by atoms with Gasteiger partial charge in [-0.15, -0.1) is 6.42 Å². The summed E-state index contributed by atoms with van der Waals surface area (Å²) in [5, 5.41) is 0. The van der Waals surface area contributed by atoms with Gasteiger partial charge in [-0.05, 0) is 73.2 Å². The summed E-state index contributed by atoms with van der Waals surface area (Å²) in [6, 6.07) is 20.4. The summed E-state index contributed by atoms with van der Waals surface area (Å²) in [6.45, 7) is -0.858. The molecule has 0 aliphatic rings. The minimum atomic E-state index is -2.86. The lowest BCUT2D eigenvalue weighted by atomic mass is 9.75. The van der Waals surface area contributed by atoms with Crippen LogP contribution in [-0.2, 0) is 11.8 Å². The Labute approximate surface area is 187 Å². The van der Waals surface area contributed by atoms with Crippen molar-refractivity contribution in [3.05, 3.63) is 89.7 Å². The van der Waals surface area contributed by atoms with Gasteiger partial charge in [0.25, 0.3) is 0 Å². The van der Waals surface area contributed by atoms with Crippen molar-refractivity contribution in [3.63, 3.8) is 0 Å². The first kappa shape index (κ1) is 23.3. The molecule has 0 saturated carbocycles. The first-order chi connectivity index (χ1) is 15.5. The van der Waals surface area contributed by atoms with Crippen molar-refractivity contribution in [2.75, 3.05) is 0 Å². The predicted molar refractivity (Wildman–Crippen MR) is 120 cm³/mol. The van der Waals surface area contributed by atoms with E-state index in [1.165, 1.54) is 18.2 Å². The van der Waals surface area contributed by atoms with Crippen molar-refractivity contribution >= 4 is 0 Å². The zero-order valence-corrected chi connectivity index (χ0v) is 17.9. The SMILES string of the molecule is C#CC(CC)(CCCc1ccc(F)c(Oc2ccccc2)c1)c1ccc(OC(F)F)cc1. The van der Waals surface area contributed by atoms with Gasteiger partial charge < -0.3 is 9.47 Å². The summed E-state index contributed by atoms with van der Waals surface area (Å²) in [6.07, 6.45) is 8.77. The number of rotatable bonds is 10. The third-order valence-electron chi connectivity index (χ3n) is 5.55. The zero-order valence-electron chi connectivity index (χ0n) is 17.9. The largest absolute Gasteiger partial charge is 0.454 e. The van der Waals surface area contributed by atoms with Crippen LogP contribution in [0.25, 0.3) is 0 Å². The van der Waals surface area contributed by atoms with Crippen LogP contribution in [0.4, 0.5) is 13.2 Å². The van der Waals surface area contributed by atoms with Crippen molar-refractivity contribution in [3.8, 4) is 29.6 Å². The molecule has 0 aliphatic carbocycles. The second kappa shape index (κ2) is 10.8. The summed E-state index contributed by atoms with van der Waals surface area (Å²) >= 11 is 0. The van der Waals surface area contributed by atoms with Crippen LogP contribution in [0.15, 0.2) is 72.8 Å². The lowest BCUT2D eigenvalue weighted by molar-refractivity contribution is -0.0498. The minimum absolute atomic E-state index is 0.100. The van der Waals surface area contributed by atoms with Crippen molar-refractivity contribution in [1.82, 2.24) is 0 Å². The smallest absolute Gasteiger partial charge is 0.387 e. The first-order valence-corrected chi connectivity index (χ1v) is 10.5. The molecule has 5 heteroatoms. The Morgan fingerprint density at radius 3 is 2.31 bits per heavy atom. The average molecular weight is 438 g/mol. The lowest BCUT2D eigenvalue weighted by Crippen LogP contribution is -2.23. The lowest BCUT2D eigenvalue weighted by Gasteiger charge is -2.28. The fraction of sp³-hybridized carbons (Fsp3) is 0.259. The molecule has 3 rings (SSSR count). The van der Waals surface area contributed by atoms with Crippen LogP contribution in [0.1, 0.15) is 37.3 Å². The summed E-state index contributed by atoms with van der Waals surface area (Å²) < 4.78 is 49.1. The molecule has 1 unspecified atom stereocenters. The molecule has 0 fully saturated rings. The van der Waals surface area contributed by atoms with Gasteiger partial charge >= 0.3 is 6.61 Å². The predicted octanol–water partition coefficient (Wildman–Crippen LogP) is 7.52. The van der Waals surface area contributed by atoms with Gasteiger partial charge in [0.1, 0.15) is 11.5 Å². The molecule has 0 amide bonds. The molecule has 0 heterocycles. The van der Waals surface area contributed by atoms with Crippen LogP contribution >= 0.6 is 0 Å². The van der Waals surface area contributed by atoms with Crippen LogP contribution in [-0.4, -0.2) is 6.61 Å². The molecule has 0 spiro atoms. The van der Waals surface area contributed by atoms with Crippen LogP contribution in [0, 0.1) is 18.2 Å². The third kappa shape index (κ3) is 5.85. The van der Waals surface area contributed by atoms with Gasteiger partial charge in [0.05, 0.1) is 5.41 Å². The first-order valence-electron chi connectivity index (χ1n) is 10.5. The van der Waals surface area contributed by atoms with E-state index in [0.29, 0.717) is 25.0 Å². The van der Waals surface area contributed by atoms with Crippen molar-refractivity contribution < 1.29 is 22.6 Å². The molecule has 0 aliphatic heterocycles. The Morgan fingerprint density at radius 1 is 0.969 bits per heavy atom. The second-order valence-electron chi connectivity index (χ2n) is 7.52. The molecule has 32 heavy (non-hydrogen) atoms. The number of para-hydroxylation sites is 1. The monoisotopic (exact) mass is 438 g/mol. The fourth-order valence-electron chi connectivity index (χ4n) is 3.73. The molecule has 1 atom stereocenters. The molecule has 166 valence electrons. The van der Waals surface area contributed by atoms with E-state index >= 15 is 0 Å². The molecule has 0 aromatic heterocycles. The van der Waals surface area contributed by atoms with Gasteiger partial charge in [0.15, 0.2) is 11.6 Å². The Balaban J connectivity index is 1.68. The van der Waals surface area contributed by atoms with Gasteiger partial charge in [0.2, 0.25) is 0 Å². The summed E-state index contributed by atoms with van der Waals surface area (Å²) in [7, 11) is 0. The van der Waals surface area contributed by atoms with E-state index in [9.17, 15) is 13.2 Å². The molecule has 3 aromatic carbocycles. The summed E-state index contributed by atoms with van der Waals surface area (Å²) in [5.74, 6) is 3.34. The Hall–Kier alpha value is -3.39. The van der Waals surface area contributed by atoms with Crippen LogP contribution < -0.4 is 9.47 Å². The van der Waals surface area contributed by atoms with Crippen LogP contribution in [0.2, 0.25) is 0 Å². The molecule has 0 saturated heterocycles. The van der Waals surface area contributed by atoms with Crippen LogP contribution in [0.5, 0.6) is 17.2 Å². The second-order valence-corrected chi connectivity index (χ2v) is 7.52. The minimum Gasteiger partial charge on any atom is -0.454 e. The highest BCUT2D eigenvalue weighted by Gasteiger charge is 2.27. The molecule has 0 N–H and O–H groups in total. The topological polar surface area (TPSA) is 18.5 Å². The Bertz CT molecular complexity index is 1040. The van der Waals surface area contributed by atoms with Crippen molar-refractivity contribution in [2.45, 2.75) is 44.6 Å². The Kier molecular flexibility index (Phi) is 7.83. The Morgan fingerprint density at radius 2 is 1.69 bits per heavy atom. The number of ether oxygens (including phenoxy) is 2. The number of benzene rings is 3. The van der Waals surface area contributed by atoms with Crippen molar-refractivity contribution in [1.29, 1.82) is 0 Å². The van der Waals surface area contributed by atoms with Crippen molar-refractivity contribution in [2.24, 2.45) is 0 Å². The van der Waals surface area contributed by atoms with Gasteiger partial charge in [-0.1, -0.05) is 49.2 Å². The van der Waals surface area contributed by atoms with E-state index in [1.54, 1.807) is 36.4 Å². The molecular weight excluding hydrogens is 413 g/mol.